The lowest BCUT2D eigenvalue weighted by Gasteiger charge is -2.22. The fraction of sp³-hybridized carbons (Fsp3) is 0.643. The minimum atomic E-state index is -1.01. The number of benzene rings is 1. The molecule has 0 fully saturated rings. The first-order valence-electron chi connectivity index (χ1n) is 13.0. The largest absolute Gasteiger partial charge is 0.459 e. The Morgan fingerprint density at radius 2 is 1.32 bits per heavy atom. The summed E-state index contributed by atoms with van der Waals surface area (Å²) in [5.41, 5.74) is 6.67. The van der Waals surface area contributed by atoms with E-state index < -0.39 is 36.2 Å². The van der Waals surface area contributed by atoms with E-state index in [0.717, 1.165) is 12.8 Å². The highest BCUT2D eigenvalue weighted by Crippen LogP contribution is 2.30. The number of hydrogen-bond acceptors (Lipinski definition) is 9. The molecule has 0 aliphatic rings. The number of unbranched alkanes of at least 4 members (excludes halogenated alkanes) is 1. The third kappa shape index (κ3) is 12.7. The Morgan fingerprint density at radius 1 is 0.784 bits per heavy atom. The summed E-state index contributed by atoms with van der Waals surface area (Å²) >= 11 is 0. The van der Waals surface area contributed by atoms with Crippen molar-refractivity contribution in [2.45, 2.75) is 105 Å². The molecular formula is C28H43NO8. The normalized spacial score (nSPS) is 13.6. The lowest BCUT2D eigenvalue weighted by atomic mass is 10.1. The van der Waals surface area contributed by atoms with Gasteiger partial charge in [-0.3, -0.25) is 19.2 Å². The number of nitrogens with two attached hydrogens (primary N) is 1. The molecule has 2 N–H and O–H groups in total. The van der Waals surface area contributed by atoms with E-state index in [2.05, 4.69) is 0 Å². The summed E-state index contributed by atoms with van der Waals surface area (Å²) in [5, 5.41) is 0. The fourth-order valence-corrected chi connectivity index (χ4v) is 3.23. The fourth-order valence-electron chi connectivity index (χ4n) is 3.23. The average molecular weight is 522 g/mol. The summed E-state index contributed by atoms with van der Waals surface area (Å²) in [6.07, 6.45) is 1.11. The van der Waals surface area contributed by atoms with Crippen LogP contribution >= 0.6 is 0 Å². The smallest absolute Gasteiger partial charge is 0.323 e. The van der Waals surface area contributed by atoms with Gasteiger partial charge in [0, 0.05) is 19.3 Å². The molecule has 0 unspecified atom stereocenters. The molecule has 0 spiro atoms. The van der Waals surface area contributed by atoms with Crippen LogP contribution in [0.3, 0.4) is 0 Å². The summed E-state index contributed by atoms with van der Waals surface area (Å²) in [6.45, 7) is 12.8. The first-order valence-corrected chi connectivity index (χ1v) is 13.0. The van der Waals surface area contributed by atoms with Gasteiger partial charge in [0.2, 0.25) is 0 Å². The van der Waals surface area contributed by atoms with Crippen molar-refractivity contribution in [1.82, 2.24) is 0 Å². The number of ether oxygens (including phenoxy) is 4. The second-order valence-corrected chi connectivity index (χ2v) is 10.2. The van der Waals surface area contributed by atoms with Crippen molar-refractivity contribution in [3.05, 3.63) is 23.8 Å². The molecule has 0 bridgehead atoms. The molecule has 0 radical (unpaired) electrons. The number of esters is 4. The Hall–Kier alpha value is -2.94. The van der Waals surface area contributed by atoms with E-state index in [0.29, 0.717) is 12.0 Å². The molecule has 0 aliphatic heterocycles. The Labute approximate surface area is 220 Å². The van der Waals surface area contributed by atoms with Crippen LogP contribution in [-0.4, -0.2) is 42.1 Å². The zero-order valence-corrected chi connectivity index (χ0v) is 23.2. The third-order valence-electron chi connectivity index (χ3n) is 5.38. The van der Waals surface area contributed by atoms with Crippen LogP contribution in [0.15, 0.2) is 18.2 Å². The van der Waals surface area contributed by atoms with Gasteiger partial charge in [0.05, 0.1) is 0 Å². The van der Waals surface area contributed by atoms with Crippen LogP contribution in [-0.2, 0) is 35.1 Å². The number of carbonyl (C=O) groups excluding carboxylic acids is 4. The summed E-state index contributed by atoms with van der Waals surface area (Å²) in [5.74, 6) is -1.51. The summed E-state index contributed by atoms with van der Waals surface area (Å²) in [6, 6.07) is 3.68. The molecule has 0 saturated carbocycles. The monoisotopic (exact) mass is 521 g/mol. The molecule has 208 valence electrons. The molecule has 0 amide bonds. The van der Waals surface area contributed by atoms with E-state index in [-0.39, 0.29) is 48.6 Å². The van der Waals surface area contributed by atoms with E-state index in [9.17, 15) is 19.2 Å². The van der Waals surface area contributed by atoms with Gasteiger partial charge in [-0.05, 0) is 56.2 Å². The zero-order chi connectivity index (χ0) is 28.1. The lowest BCUT2D eigenvalue weighted by Crippen LogP contribution is -2.39. The molecule has 9 heteroatoms. The number of rotatable bonds is 15. The van der Waals surface area contributed by atoms with Gasteiger partial charge in [0.25, 0.3) is 0 Å². The molecule has 1 aromatic rings. The van der Waals surface area contributed by atoms with Crippen molar-refractivity contribution in [1.29, 1.82) is 0 Å². The van der Waals surface area contributed by atoms with Gasteiger partial charge in [-0.15, -0.1) is 0 Å². The highest BCUT2D eigenvalue weighted by atomic mass is 16.6. The maximum atomic E-state index is 12.6. The van der Waals surface area contributed by atoms with Crippen LogP contribution in [0.4, 0.5) is 0 Å². The topological polar surface area (TPSA) is 131 Å². The molecule has 0 heterocycles. The molecule has 0 saturated heterocycles. The van der Waals surface area contributed by atoms with Gasteiger partial charge in [0.1, 0.15) is 18.2 Å². The first-order chi connectivity index (χ1) is 17.3. The standard InChI is InChI=1S/C28H43NO8/c1-8-9-10-25(30)34-19(6)20(7)35-28(33)22(29)15-21-11-12-23(36-26(31)13-17(2)3)24(16-21)37-27(32)14-18(4)5/h11-12,16-20,22H,8-10,13-15,29H2,1-7H3/t19-,20-,22-/m0/s1. The molecule has 0 aromatic heterocycles. The minimum Gasteiger partial charge on any atom is -0.459 e. The molecule has 0 aliphatic carbocycles. The number of hydrogen-bond donors (Lipinski definition) is 1. The van der Waals surface area contributed by atoms with Crippen LogP contribution in [0, 0.1) is 11.8 Å². The van der Waals surface area contributed by atoms with E-state index in [1.54, 1.807) is 19.9 Å². The Bertz CT molecular complexity index is 911. The van der Waals surface area contributed by atoms with Gasteiger partial charge in [0.15, 0.2) is 11.5 Å². The molecule has 9 nitrogen and oxygen atoms in total. The predicted octanol–water partition coefficient (Wildman–Crippen LogP) is 4.51. The van der Waals surface area contributed by atoms with Crippen molar-refractivity contribution in [2.24, 2.45) is 17.6 Å². The SMILES string of the molecule is CCCCC(=O)O[C@@H](C)[C@H](C)OC(=O)[C@@H](N)Cc1ccc(OC(=O)CC(C)C)c(OC(=O)CC(C)C)c1. The Kier molecular flexibility index (Phi) is 13.9. The highest BCUT2D eigenvalue weighted by molar-refractivity contribution is 5.77. The van der Waals surface area contributed by atoms with E-state index in [1.165, 1.54) is 12.1 Å². The van der Waals surface area contributed by atoms with Crippen molar-refractivity contribution in [3.8, 4) is 11.5 Å². The maximum Gasteiger partial charge on any atom is 0.323 e. The van der Waals surface area contributed by atoms with Gasteiger partial charge in [-0.2, -0.15) is 0 Å². The molecule has 1 rings (SSSR count). The van der Waals surface area contributed by atoms with Crippen molar-refractivity contribution < 1.29 is 38.1 Å². The quantitative estimate of drug-likeness (QED) is 0.261. The molecular weight excluding hydrogens is 478 g/mol. The van der Waals surface area contributed by atoms with Gasteiger partial charge in [-0.25, -0.2) is 0 Å². The highest BCUT2D eigenvalue weighted by Gasteiger charge is 2.25. The van der Waals surface area contributed by atoms with Crippen LogP contribution < -0.4 is 15.2 Å². The second kappa shape index (κ2) is 16.0. The minimum absolute atomic E-state index is 0.0844. The molecule has 1 aromatic carbocycles. The van der Waals surface area contributed by atoms with Crippen molar-refractivity contribution in [2.75, 3.05) is 0 Å². The zero-order valence-electron chi connectivity index (χ0n) is 23.2. The number of carbonyl (C=O) groups is 4. The Balaban J connectivity index is 2.89. The van der Waals surface area contributed by atoms with Crippen LogP contribution in [0.5, 0.6) is 11.5 Å². The van der Waals surface area contributed by atoms with Crippen molar-refractivity contribution in [3.63, 3.8) is 0 Å². The van der Waals surface area contributed by atoms with E-state index >= 15 is 0 Å². The molecule has 3 atom stereocenters. The van der Waals surface area contributed by atoms with E-state index in [1.807, 2.05) is 34.6 Å². The van der Waals surface area contributed by atoms with Gasteiger partial charge in [-0.1, -0.05) is 47.1 Å². The van der Waals surface area contributed by atoms with Crippen molar-refractivity contribution >= 4 is 23.9 Å². The predicted molar refractivity (Wildman–Crippen MR) is 139 cm³/mol. The summed E-state index contributed by atoms with van der Waals surface area (Å²) in [4.78, 5) is 48.9. The summed E-state index contributed by atoms with van der Waals surface area (Å²) < 4.78 is 21.6. The maximum absolute atomic E-state index is 12.6. The van der Waals surface area contributed by atoms with Crippen LogP contribution in [0.25, 0.3) is 0 Å². The second-order valence-electron chi connectivity index (χ2n) is 10.2. The van der Waals surface area contributed by atoms with Gasteiger partial charge < -0.3 is 24.7 Å². The third-order valence-corrected chi connectivity index (χ3v) is 5.38. The lowest BCUT2D eigenvalue weighted by molar-refractivity contribution is -0.166. The first kappa shape index (κ1) is 32.1. The molecule has 37 heavy (non-hydrogen) atoms. The Morgan fingerprint density at radius 3 is 1.86 bits per heavy atom. The average Bonchev–Trinajstić information content (AvgIpc) is 2.78. The van der Waals surface area contributed by atoms with E-state index in [4.69, 9.17) is 24.7 Å². The van der Waals surface area contributed by atoms with Crippen LogP contribution in [0.1, 0.15) is 86.1 Å². The van der Waals surface area contributed by atoms with Gasteiger partial charge >= 0.3 is 23.9 Å². The van der Waals surface area contributed by atoms with Crippen LogP contribution in [0.2, 0.25) is 0 Å². The summed E-state index contributed by atoms with van der Waals surface area (Å²) in [7, 11) is 0.